The molecule has 0 aliphatic heterocycles. The van der Waals surface area contributed by atoms with E-state index in [2.05, 4.69) is 24.6 Å². The second-order valence-electron chi connectivity index (χ2n) is 13.3. The highest BCUT2D eigenvalue weighted by molar-refractivity contribution is 7.81. The van der Waals surface area contributed by atoms with Gasteiger partial charge in [0.1, 0.15) is 6.10 Å². The standard InChI is InChI=1S/C27H46O10S2/c1-16(2)6-5-7-17(15-36-38(30,31)32)19-10-11-20-18-8-9-22-24(29)25(37-39(33,34)35)23(28)14-27(22,4)21(18)12-13-26(19,20)3/h17-25,28-29H,1,5-15H2,2-4H3,(H,30,31,32)(H,33,34,35)/p-2/t17-,18-,19+,20-,21-,22+,23-,24-,25+,26+,27+/m0/s1. The topological polar surface area (TPSA) is 173 Å². The molecular weight excluding hydrogens is 548 g/mol. The molecule has 0 radical (unpaired) electrons. The maximum Gasteiger partial charge on any atom is 0.218 e. The molecule has 0 bridgehead atoms. The Kier molecular flexibility index (Phi) is 9.03. The first-order chi connectivity index (χ1) is 18.0. The van der Waals surface area contributed by atoms with Gasteiger partial charge in [0.15, 0.2) is 0 Å². The van der Waals surface area contributed by atoms with Gasteiger partial charge in [-0.05, 0) is 117 Å². The number of allylic oxidation sites excluding steroid dienone is 1. The van der Waals surface area contributed by atoms with E-state index in [0.29, 0.717) is 18.3 Å². The lowest BCUT2D eigenvalue weighted by Crippen LogP contribution is -2.62. The smallest absolute Gasteiger partial charge is 0.218 e. The van der Waals surface area contributed by atoms with Crippen LogP contribution in [0.1, 0.15) is 85.0 Å². The zero-order valence-corrected chi connectivity index (χ0v) is 24.8. The molecular formula is C27H44O10S2-2. The van der Waals surface area contributed by atoms with Crippen LogP contribution in [0.25, 0.3) is 0 Å². The molecule has 4 aliphatic carbocycles. The van der Waals surface area contributed by atoms with E-state index in [-0.39, 0.29) is 42.1 Å². The quantitative estimate of drug-likeness (QED) is 0.218. The van der Waals surface area contributed by atoms with Gasteiger partial charge >= 0.3 is 0 Å². The summed E-state index contributed by atoms with van der Waals surface area (Å²) in [6.45, 7) is 10.2. The SMILES string of the molecule is C=C(C)CCC[C@@H](COS(=O)(=O)[O-])[C@H]1CC[C@H]2[C@@H]3CC[C@@H]4[C@H](O)[C@H](OS(=O)(=O)[O-])[C@@H](O)C[C@]4(C)[C@H]3CC[C@]12C. The maximum atomic E-state index is 11.3. The third kappa shape index (κ3) is 6.43. The van der Waals surface area contributed by atoms with Crippen molar-refractivity contribution in [2.75, 3.05) is 6.61 Å². The molecule has 4 fully saturated rings. The van der Waals surface area contributed by atoms with E-state index in [4.69, 9.17) is 4.18 Å². The van der Waals surface area contributed by atoms with Crippen LogP contribution in [0, 0.1) is 46.3 Å². The third-order valence-electron chi connectivity index (χ3n) is 11.2. The molecule has 226 valence electrons. The lowest BCUT2D eigenvalue weighted by atomic mass is 9.43. The number of hydrogen-bond acceptors (Lipinski definition) is 10. The number of fused-ring (bicyclic) bond motifs is 5. The molecule has 0 aromatic rings. The molecule has 0 heterocycles. The largest absolute Gasteiger partial charge is 0.726 e. The van der Waals surface area contributed by atoms with Crippen molar-refractivity contribution < 1.29 is 44.5 Å². The number of aliphatic hydroxyl groups excluding tert-OH is 2. The fourth-order valence-electron chi connectivity index (χ4n) is 9.68. The lowest BCUT2D eigenvalue weighted by molar-refractivity contribution is -0.202. The second-order valence-corrected chi connectivity index (χ2v) is 15.4. The van der Waals surface area contributed by atoms with Crippen molar-refractivity contribution >= 4 is 20.8 Å². The summed E-state index contributed by atoms with van der Waals surface area (Å²) in [5, 5.41) is 21.9. The predicted octanol–water partition coefficient (Wildman–Crippen LogP) is 3.27. The van der Waals surface area contributed by atoms with E-state index in [9.17, 15) is 36.2 Å². The van der Waals surface area contributed by atoms with Gasteiger partial charge in [-0.1, -0.05) is 19.4 Å². The fourth-order valence-corrected chi connectivity index (χ4v) is 10.5. The molecule has 0 unspecified atom stereocenters. The summed E-state index contributed by atoms with van der Waals surface area (Å²) in [5.74, 6) is 0.788. The summed E-state index contributed by atoms with van der Waals surface area (Å²) in [5.41, 5.74) is 0.570. The van der Waals surface area contributed by atoms with Gasteiger partial charge in [-0.2, -0.15) is 0 Å². The normalized spacial score (nSPS) is 43.3. The van der Waals surface area contributed by atoms with E-state index < -0.39 is 44.5 Å². The Morgan fingerprint density at radius 1 is 0.974 bits per heavy atom. The van der Waals surface area contributed by atoms with E-state index >= 15 is 0 Å². The summed E-state index contributed by atoms with van der Waals surface area (Å²) in [6.07, 6.45) is 3.87. The van der Waals surface area contributed by atoms with Crippen LogP contribution in [0.3, 0.4) is 0 Å². The second kappa shape index (κ2) is 11.2. The monoisotopic (exact) mass is 592 g/mol. The summed E-state index contributed by atoms with van der Waals surface area (Å²) in [4.78, 5) is 0. The van der Waals surface area contributed by atoms with Crippen molar-refractivity contribution in [3.63, 3.8) is 0 Å². The summed E-state index contributed by atoms with van der Waals surface area (Å²) in [6, 6.07) is 0. The van der Waals surface area contributed by atoms with Gasteiger partial charge < -0.3 is 19.3 Å². The van der Waals surface area contributed by atoms with Crippen molar-refractivity contribution in [1.29, 1.82) is 0 Å². The first-order valence-corrected chi connectivity index (χ1v) is 16.9. The molecule has 4 aliphatic rings. The molecule has 10 nitrogen and oxygen atoms in total. The van der Waals surface area contributed by atoms with Crippen LogP contribution in [-0.2, 0) is 29.2 Å². The highest BCUT2D eigenvalue weighted by Gasteiger charge is 2.63. The van der Waals surface area contributed by atoms with E-state index in [0.717, 1.165) is 56.9 Å². The number of hydrogen-bond donors (Lipinski definition) is 2. The number of rotatable bonds is 10. The minimum absolute atomic E-state index is 0.0531. The van der Waals surface area contributed by atoms with Gasteiger partial charge in [-0.15, -0.1) is 6.58 Å². The Morgan fingerprint density at radius 2 is 1.62 bits per heavy atom. The fraction of sp³-hybridized carbons (Fsp3) is 0.926. The highest BCUT2D eigenvalue weighted by Crippen LogP contribution is 2.68. The lowest BCUT2D eigenvalue weighted by Gasteiger charge is -2.62. The van der Waals surface area contributed by atoms with Gasteiger partial charge in [-0.25, -0.2) is 16.8 Å². The average Bonchev–Trinajstić information content (AvgIpc) is 3.14. The summed E-state index contributed by atoms with van der Waals surface area (Å²) < 4.78 is 77.1. The van der Waals surface area contributed by atoms with Crippen molar-refractivity contribution in [3.05, 3.63) is 12.2 Å². The van der Waals surface area contributed by atoms with Gasteiger partial charge in [-0.3, -0.25) is 8.37 Å². The Morgan fingerprint density at radius 3 is 2.23 bits per heavy atom. The Hall–Kier alpha value is -0.600. The Balaban J connectivity index is 1.54. The summed E-state index contributed by atoms with van der Waals surface area (Å²) >= 11 is 0. The van der Waals surface area contributed by atoms with Crippen molar-refractivity contribution in [2.45, 2.75) is 103 Å². The van der Waals surface area contributed by atoms with Crippen LogP contribution in [0.4, 0.5) is 0 Å². The van der Waals surface area contributed by atoms with Crippen LogP contribution in [0.2, 0.25) is 0 Å². The maximum absolute atomic E-state index is 11.3. The predicted molar refractivity (Wildman–Crippen MR) is 140 cm³/mol. The van der Waals surface area contributed by atoms with Crippen LogP contribution in [-0.4, -0.2) is 61.1 Å². The number of aliphatic hydroxyl groups is 2. The molecule has 0 aromatic heterocycles. The molecule has 0 spiro atoms. The van der Waals surface area contributed by atoms with Crippen LogP contribution < -0.4 is 0 Å². The molecule has 4 rings (SSSR count). The first kappa shape index (κ1) is 31.3. The molecule has 2 N–H and O–H groups in total. The summed E-state index contributed by atoms with van der Waals surface area (Å²) in [7, 11) is -9.86. The minimum Gasteiger partial charge on any atom is -0.726 e. The van der Waals surface area contributed by atoms with E-state index in [1.807, 2.05) is 6.92 Å². The van der Waals surface area contributed by atoms with Crippen molar-refractivity contribution in [2.24, 2.45) is 46.3 Å². The van der Waals surface area contributed by atoms with E-state index in [1.165, 1.54) is 0 Å². The van der Waals surface area contributed by atoms with E-state index in [1.54, 1.807) is 0 Å². The molecule has 12 heteroatoms. The van der Waals surface area contributed by atoms with Gasteiger partial charge in [0, 0.05) is 0 Å². The van der Waals surface area contributed by atoms with Crippen LogP contribution in [0.5, 0.6) is 0 Å². The molecule has 11 atom stereocenters. The average molecular weight is 593 g/mol. The van der Waals surface area contributed by atoms with Crippen LogP contribution in [0.15, 0.2) is 12.2 Å². The molecule has 0 aromatic carbocycles. The highest BCUT2D eigenvalue weighted by atomic mass is 32.3. The Bertz CT molecular complexity index is 1120. The molecule has 4 saturated carbocycles. The Labute approximate surface area is 233 Å². The zero-order chi connectivity index (χ0) is 29.0. The van der Waals surface area contributed by atoms with Crippen molar-refractivity contribution in [1.82, 2.24) is 0 Å². The molecule has 0 saturated heterocycles. The van der Waals surface area contributed by atoms with Crippen LogP contribution >= 0.6 is 0 Å². The van der Waals surface area contributed by atoms with Crippen molar-refractivity contribution in [3.8, 4) is 0 Å². The molecule has 0 amide bonds. The first-order valence-electron chi connectivity index (χ1n) is 14.2. The van der Waals surface area contributed by atoms with Gasteiger partial charge in [0.05, 0.1) is 18.8 Å². The van der Waals surface area contributed by atoms with Gasteiger partial charge in [0.25, 0.3) is 0 Å². The molecule has 39 heavy (non-hydrogen) atoms. The minimum atomic E-state index is -5.07. The van der Waals surface area contributed by atoms with Gasteiger partial charge in [0.2, 0.25) is 20.8 Å². The third-order valence-corrected chi connectivity index (χ3v) is 12.1. The zero-order valence-electron chi connectivity index (χ0n) is 23.2.